The van der Waals surface area contributed by atoms with E-state index in [1.807, 2.05) is 0 Å². The van der Waals surface area contributed by atoms with Crippen LogP contribution in [0.3, 0.4) is 0 Å². The fraction of sp³-hybridized carbons (Fsp3) is 0.208. The third-order valence-corrected chi connectivity index (χ3v) is 5.31. The Labute approximate surface area is 195 Å². The van der Waals surface area contributed by atoms with Crippen LogP contribution in [0.1, 0.15) is 35.7 Å². The first kappa shape index (κ1) is 24.2. The van der Waals surface area contributed by atoms with E-state index in [0.29, 0.717) is 17.0 Å². The Bertz CT molecular complexity index is 1170. The number of hydrogen-bond donors (Lipinski definition) is 1. The third-order valence-electron chi connectivity index (χ3n) is 5.31. The van der Waals surface area contributed by atoms with Crippen molar-refractivity contribution in [1.29, 1.82) is 0 Å². The Morgan fingerprint density at radius 1 is 0.824 bits per heavy atom. The normalized spacial score (nSPS) is 13.8. The van der Waals surface area contributed by atoms with Crippen LogP contribution in [0.5, 0.6) is 5.75 Å². The second-order valence-electron chi connectivity index (χ2n) is 7.38. The van der Waals surface area contributed by atoms with E-state index in [1.165, 1.54) is 50.6 Å². The molecule has 1 heterocycles. The molecule has 0 fully saturated rings. The van der Waals surface area contributed by atoms with E-state index in [1.54, 1.807) is 26.0 Å². The van der Waals surface area contributed by atoms with Gasteiger partial charge in [0.15, 0.2) is 0 Å². The molecule has 0 saturated carbocycles. The summed E-state index contributed by atoms with van der Waals surface area (Å²) in [6.07, 6.45) is 0. The summed E-state index contributed by atoms with van der Waals surface area (Å²) < 4.78 is 15.2. The van der Waals surface area contributed by atoms with Gasteiger partial charge in [0.2, 0.25) is 0 Å². The highest BCUT2D eigenvalue weighted by atomic mass is 16.6. The summed E-state index contributed by atoms with van der Waals surface area (Å²) >= 11 is 0. The second kappa shape index (κ2) is 9.99. The lowest BCUT2D eigenvalue weighted by molar-refractivity contribution is -0.384. The van der Waals surface area contributed by atoms with Gasteiger partial charge in [0, 0.05) is 23.5 Å². The number of nitro groups is 1. The highest BCUT2D eigenvalue weighted by molar-refractivity contribution is 5.99. The Kier molecular flexibility index (Phi) is 7.10. The van der Waals surface area contributed by atoms with E-state index >= 15 is 0 Å². The molecular formula is C24H22N2O8. The van der Waals surface area contributed by atoms with Gasteiger partial charge in [-0.05, 0) is 43.7 Å². The quantitative estimate of drug-likeness (QED) is 0.294. The molecule has 10 nitrogen and oxygen atoms in total. The van der Waals surface area contributed by atoms with Crippen LogP contribution < -0.4 is 10.1 Å². The fourth-order valence-electron chi connectivity index (χ4n) is 3.70. The molecule has 0 unspecified atom stereocenters. The fourth-order valence-corrected chi connectivity index (χ4v) is 3.70. The Morgan fingerprint density at radius 2 is 1.32 bits per heavy atom. The summed E-state index contributed by atoms with van der Waals surface area (Å²) in [5.41, 5.74) is 2.17. The van der Waals surface area contributed by atoms with Crippen LogP contribution in [0.15, 0.2) is 71.1 Å². The molecule has 2 aromatic rings. The minimum Gasteiger partial charge on any atom is -0.466 e. The minimum absolute atomic E-state index is 0.141. The van der Waals surface area contributed by atoms with Gasteiger partial charge in [-0.2, -0.15) is 0 Å². The zero-order valence-electron chi connectivity index (χ0n) is 18.9. The molecule has 0 atom stereocenters. The Hall–Kier alpha value is -4.47. The molecule has 0 aliphatic carbocycles. The number of hydrogen-bond acceptors (Lipinski definition) is 9. The second-order valence-corrected chi connectivity index (χ2v) is 7.38. The number of rotatable bonds is 6. The summed E-state index contributed by atoms with van der Waals surface area (Å²) in [6.45, 7) is 3.41. The lowest BCUT2D eigenvalue weighted by Gasteiger charge is -2.30. The van der Waals surface area contributed by atoms with Crippen LogP contribution in [-0.4, -0.2) is 37.1 Å². The summed E-state index contributed by atoms with van der Waals surface area (Å²) in [5, 5.41) is 13.8. The predicted molar refractivity (Wildman–Crippen MR) is 120 cm³/mol. The van der Waals surface area contributed by atoms with Crippen LogP contribution in [0.25, 0.3) is 0 Å². The van der Waals surface area contributed by atoms with E-state index in [0.717, 1.165) is 0 Å². The number of allylic oxidation sites excluding steroid dienone is 2. The number of ether oxygens (including phenoxy) is 3. The van der Waals surface area contributed by atoms with Crippen molar-refractivity contribution >= 4 is 23.6 Å². The van der Waals surface area contributed by atoms with Crippen molar-refractivity contribution in [1.82, 2.24) is 5.32 Å². The van der Waals surface area contributed by atoms with Crippen LogP contribution >= 0.6 is 0 Å². The zero-order valence-corrected chi connectivity index (χ0v) is 18.9. The van der Waals surface area contributed by atoms with E-state index in [4.69, 9.17) is 14.2 Å². The monoisotopic (exact) mass is 466 g/mol. The zero-order chi connectivity index (χ0) is 25.0. The highest BCUT2D eigenvalue weighted by Gasteiger charge is 2.37. The van der Waals surface area contributed by atoms with Crippen LogP contribution in [0.4, 0.5) is 5.69 Å². The van der Waals surface area contributed by atoms with Gasteiger partial charge in [0.25, 0.3) is 5.69 Å². The average molecular weight is 466 g/mol. The molecule has 2 aromatic carbocycles. The molecule has 1 aliphatic rings. The molecule has 0 aromatic heterocycles. The van der Waals surface area contributed by atoms with Gasteiger partial charge in [-0.25, -0.2) is 14.4 Å². The average Bonchev–Trinajstić information content (AvgIpc) is 2.83. The standard InChI is InChI=1S/C24H22N2O8/c1-13-19(23(28)32-3)21(20(14(2)25-13)24(29)33-4)15-7-11-18(12-8-15)34-22(27)16-5-9-17(10-6-16)26(30)31/h5-12,21,25H,1-4H3. The maximum absolute atomic E-state index is 12.6. The Morgan fingerprint density at radius 3 is 1.76 bits per heavy atom. The summed E-state index contributed by atoms with van der Waals surface area (Å²) in [7, 11) is 2.51. The van der Waals surface area contributed by atoms with Crippen LogP contribution in [0, 0.1) is 10.1 Å². The number of nitrogens with zero attached hydrogens (tertiary/aromatic N) is 1. The summed E-state index contributed by atoms with van der Waals surface area (Å²) in [4.78, 5) is 47.7. The number of carbonyl (C=O) groups is 3. The molecule has 176 valence electrons. The number of esters is 3. The number of carbonyl (C=O) groups excluding carboxylic acids is 3. The van der Waals surface area contributed by atoms with E-state index in [9.17, 15) is 24.5 Å². The molecule has 1 N–H and O–H groups in total. The molecule has 10 heteroatoms. The van der Waals surface area contributed by atoms with Gasteiger partial charge in [-0.1, -0.05) is 12.1 Å². The van der Waals surface area contributed by atoms with Crippen LogP contribution in [0.2, 0.25) is 0 Å². The molecule has 0 amide bonds. The number of benzene rings is 2. The van der Waals surface area contributed by atoms with Gasteiger partial charge in [0.05, 0.1) is 41.8 Å². The number of nitrogens with one attached hydrogen (secondary N) is 1. The van der Waals surface area contributed by atoms with E-state index in [2.05, 4.69) is 5.32 Å². The van der Waals surface area contributed by atoms with Crippen molar-refractivity contribution in [2.75, 3.05) is 14.2 Å². The molecule has 1 aliphatic heterocycles. The maximum atomic E-state index is 12.6. The largest absolute Gasteiger partial charge is 0.466 e. The molecular weight excluding hydrogens is 444 g/mol. The SMILES string of the molecule is COC(=O)C1=C(C)NC(C)=C(C(=O)OC)C1c1ccc(OC(=O)c2ccc([N+](=O)[O-])cc2)cc1. The third kappa shape index (κ3) is 4.80. The summed E-state index contributed by atoms with van der Waals surface area (Å²) in [6, 6.07) is 11.3. The molecule has 34 heavy (non-hydrogen) atoms. The van der Waals surface area contributed by atoms with Crippen molar-refractivity contribution in [3.63, 3.8) is 0 Å². The summed E-state index contributed by atoms with van der Waals surface area (Å²) in [5.74, 6) is -2.45. The lowest BCUT2D eigenvalue weighted by Crippen LogP contribution is -2.32. The molecule has 0 spiro atoms. The molecule has 3 rings (SSSR count). The van der Waals surface area contributed by atoms with Gasteiger partial charge in [-0.3, -0.25) is 10.1 Å². The number of dihydropyridines is 1. The number of nitro benzene ring substituents is 1. The van der Waals surface area contributed by atoms with Crippen molar-refractivity contribution in [2.24, 2.45) is 0 Å². The van der Waals surface area contributed by atoms with Gasteiger partial charge in [0.1, 0.15) is 5.75 Å². The smallest absolute Gasteiger partial charge is 0.343 e. The minimum atomic E-state index is -0.763. The molecule has 0 radical (unpaired) electrons. The van der Waals surface area contributed by atoms with Gasteiger partial charge >= 0.3 is 17.9 Å². The maximum Gasteiger partial charge on any atom is 0.343 e. The predicted octanol–water partition coefficient (Wildman–Crippen LogP) is 3.39. The lowest BCUT2D eigenvalue weighted by atomic mass is 9.80. The first-order chi connectivity index (χ1) is 16.2. The van der Waals surface area contributed by atoms with Crippen molar-refractivity contribution in [2.45, 2.75) is 19.8 Å². The van der Waals surface area contributed by atoms with Gasteiger partial charge < -0.3 is 19.5 Å². The van der Waals surface area contributed by atoms with E-state index in [-0.39, 0.29) is 28.1 Å². The van der Waals surface area contributed by atoms with Crippen molar-refractivity contribution < 1.29 is 33.5 Å². The highest BCUT2D eigenvalue weighted by Crippen LogP contribution is 2.39. The van der Waals surface area contributed by atoms with Crippen molar-refractivity contribution in [3.8, 4) is 5.75 Å². The number of methoxy groups -OCH3 is 2. The topological polar surface area (TPSA) is 134 Å². The molecule has 0 saturated heterocycles. The Balaban J connectivity index is 1.91. The number of non-ortho nitro benzene ring substituents is 1. The first-order valence-corrected chi connectivity index (χ1v) is 10.1. The first-order valence-electron chi connectivity index (χ1n) is 10.1. The van der Waals surface area contributed by atoms with E-state index < -0.39 is 28.7 Å². The van der Waals surface area contributed by atoms with Crippen molar-refractivity contribution in [3.05, 3.63) is 92.3 Å². The van der Waals surface area contributed by atoms with Gasteiger partial charge in [-0.15, -0.1) is 0 Å². The van der Waals surface area contributed by atoms with Crippen LogP contribution in [-0.2, 0) is 19.1 Å². The molecule has 0 bridgehead atoms.